The van der Waals surface area contributed by atoms with Crippen molar-refractivity contribution in [2.45, 2.75) is 46.5 Å². The molecule has 0 amide bonds. The topological polar surface area (TPSA) is 43.8 Å². The van der Waals surface area contributed by atoms with Crippen molar-refractivity contribution >= 4 is 41.3 Å². The Balaban J connectivity index is 0.00000338. The highest BCUT2D eigenvalue weighted by atomic mass is 127. The molecular weight excluding hydrogens is 457 g/mol. The summed E-state index contributed by atoms with van der Waals surface area (Å²) < 4.78 is 0. The lowest BCUT2D eigenvalue weighted by Crippen LogP contribution is -2.53. The van der Waals surface area contributed by atoms with Crippen LogP contribution in [0.15, 0.2) is 10.4 Å². The third-order valence-corrected chi connectivity index (χ3v) is 5.36. The Morgan fingerprint density at radius 2 is 1.92 bits per heavy atom. The molecule has 1 aromatic heterocycles. The fourth-order valence-electron chi connectivity index (χ4n) is 3.04. The van der Waals surface area contributed by atoms with E-state index in [-0.39, 0.29) is 29.4 Å². The molecule has 150 valence electrons. The van der Waals surface area contributed by atoms with E-state index < -0.39 is 0 Å². The van der Waals surface area contributed by atoms with Crippen LogP contribution < -0.4 is 5.32 Å². The molecule has 0 aromatic carbocycles. The number of aromatic nitrogens is 1. The molecule has 1 saturated heterocycles. The van der Waals surface area contributed by atoms with Crippen LogP contribution in [0.3, 0.4) is 0 Å². The molecule has 1 N–H and O–H groups in total. The van der Waals surface area contributed by atoms with E-state index in [4.69, 9.17) is 4.98 Å². The predicted octanol–water partition coefficient (Wildman–Crippen LogP) is 3.45. The first kappa shape index (κ1) is 23.6. The first-order valence-electron chi connectivity index (χ1n) is 9.42. The number of aliphatic imine (C=N–C) groups is 1. The first-order valence-corrected chi connectivity index (χ1v) is 10.3. The lowest BCUT2D eigenvalue weighted by atomic mass is 9.93. The zero-order valence-electron chi connectivity index (χ0n) is 17.2. The van der Waals surface area contributed by atoms with Crippen LogP contribution in [0.5, 0.6) is 0 Å². The second kappa shape index (κ2) is 10.8. The minimum atomic E-state index is 0. The zero-order chi connectivity index (χ0) is 18.4. The summed E-state index contributed by atoms with van der Waals surface area (Å²) in [6.45, 7) is 17.7. The number of halogens is 1. The molecule has 1 aliphatic heterocycles. The van der Waals surface area contributed by atoms with Crippen molar-refractivity contribution in [1.29, 1.82) is 0 Å². The molecule has 2 heterocycles. The zero-order valence-corrected chi connectivity index (χ0v) is 20.4. The first-order chi connectivity index (χ1) is 11.8. The van der Waals surface area contributed by atoms with E-state index in [1.807, 2.05) is 7.05 Å². The maximum atomic E-state index is 4.77. The number of piperazine rings is 1. The monoisotopic (exact) mass is 493 g/mol. The van der Waals surface area contributed by atoms with Crippen LogP contribution in [0.1, 0.15) is 45.3 Å². The van der Waals surface area contributed by atoms with Crippen molar-refractivity contribution in [3.05, 3.63) is 16.1 Å². The van der Waals surface area contributed by atoms with E-state index in [2.05, 4.69) is 60.1 Å². The van der Waals surface area contributed by atoms with Gasteiger partial charge in [-0.3, -0.25) is 9.89 Å². The largest absolute Gasteiger partial charge is 0.356 e. The minimum Gasteiger partial charge on any atom is -0.356 e. The van der Waals surface area contributed by atoms with E-state index in [1.165, 1.54) is 17.2 Å². The number of nitrogens with zero attached hydrogens (tertiary/aromatic N) is 4. The Bertz CT molecular complexity index is 557. The van der Waals surface area contributed by atoms with Crippen LogP contribution in [0, 0.1) is 5.92 Å². The summed E-state index contributed by atoms with van der Waals surface area (Å²) in [7, 11) is 1.88. The molecule has 0 atom stereocenters. The highest BCUT2D eigenvalue weighted by Gasteiger charge is 2.20. The Labute approximate surface area is 180 Å². The van der Waals surface area contributed by atoms with Crippen LogP contribution in [0.4, 0.5) is 0 Å². The lowest BCUT2D eigenvalue weighted by Gasteiger charge is -2.37. The second-order valence-corrected chi connectivity index (χ2v) is 9.22. The van der Waals surface area contributed by atoms with Crippen LogP contribution in [-0.2, 0) is 11.8 Å². The maximum Gasteiger partial charge on any atom is 0.193 e. The van der Waals surface area contributed by atoms with Crippen LogP contribution in [-0.4, -0.2) is 67.1 Å². The van der Waals surface area contributed by atoms with E-state index in [0.29, 0.717) is 0 Å². The molecule has 0 radical (unpaired) electrons. The maximum absolute atomic E-state index is 4.77. The van der Waals surface area contributed by atoms with Gasteiger partial charge >= 0.3 is 0 Å². The van der Waals surface area contributed by atoms with E-state index in [1.54, 1.807) is 11.3 Å². The van der Waals surface area contributed by atoms with Gasteiger partial charge in [-0.15, -0.1) is 35.3 Å². The number of thiazole rings is 1. The van der Waals surface area contributed by atoms with Gasteiger partial charge in [0.05, 0.1) is 10.7 Å². The molecule has 1 aromatic rings. The third-order valence-electron chi connectivity index (χ3n) is 4.45. The molecular formula is C19H36IN5S. The molecule has 0 bridgehead atoms. The summed E-state index contributed by atoms with van der Waals surface area (Å²) in [5.74, 6) is 1.76. The predicted molar refractivity (Wildman–Crippen MR) is 124 cm³/mol. The van der Waals surface area contributed by atoms with Gasteiger partial charge < -0.3 is 10.2 Å². The van der Waals surface area contributed by atoms with Gasteiger partial charge in [0.25, 0.3) is 0 Å². The number of nitrogens with one attached hydrogen (secondary N) is 1. The average molecular weight is 494 g/mol. The van der Waals surface area contributed by atoms with Gasteiger partial charge in [-0.05, 0) is 5.92 Å². The normalized spacial score (nSPS) is 16.7. The molecule has 1 aliphatic rings. The van der Waals surface area contributed by atoms with E-state index in [0.717, 1.165) is 51.0 Å². The van der Waals surface area contributed by atoms with Gasteiger partial charge in [0.2, 0.25) is 0 Å². The summed E-state index contributed by atoms with van der Waals surface area (Å²) in [5, 5.41) is 6.91. The van der Waals surface area contributed by atoms with Crippen molar-refractivity contribution in [2.24, 2.45) is 10.9 Å². The quantitative estimate of drug-likeness (QED) is 0.388. The smallest absolute Gasteiger partial charge is 0.193 e. The molecule has 0 aliphatic carbocycles. The van der Waals surface area contributed by atoms with E-state index in [9.17, 15) is 0 Å². The van der Waals surface area contributed by atoms with Crippen molar-refractivity contribution in [3.63, 3.8) is 0 Å². The number of hydrogen-bond donors (Lipinski definition) is 1. The van der Waals surface area contributed by atoms with Gasteiger partial charge in [-0.1, -0.05) is 34.6 Å². The molecule has 7 heteroatoms. The van der Waals surface area contributed by atoms with Crippen LogP contribution in [0.2, 0.25) is 0 Å². The number of hydrogen-bond acceptors (Lipinski definition) is 4. The molecule has 1 fully saturated rings. The standard InChI is InChI=1S/C19H35N5S.HI/c1-15(2)13-23-9-11-24(12-10-23)18(20-6)21-8-7-17-22-16(14-25-17)19(3,4)5;/h14-15H,7-13H2,1-6H3,(H,20,21);1H. The second-order valence-electron chi connectivity index (χ2n) is 8.28. The molecule has 0 unspecified atom stereocenters. The summed E-state index contributed by atoms with van der Waals surface area (Å²) in [6, 6.07) is 0. The average Bonchev–Trinajstić information content (AvgIpc) is 3.01. The Kier molecular flexibility index (Phi) is 9.82. The summed E-state index contributed by atoms with van der Waals surface area (Å²) in [4.78, 5) is 14.2. The SMILES string of the molecule is CN=C(NCCc1nc(C(C)(C)C)cs1)N1CCN(CC(C)C)CC1.I. The highest BCUT2D eigenvalue weighted by molar-refractivity contribution is 14.0. The van der Waals surface area contributed by atoms with Gasteiger partial charge in [0, 0.05) is 63.5 Å². The summed E-state index contributed by atoms with van der Waals surface area (Å²) in [6.07, 6.45) is 0.951. The fraction of sp³-hybridized carbons (Fsp3) is 0.789. The van der Waals surface area contributed by atoms with Crippen LogP contribution >= 0.6 is 35.3 Å². The number of rotatable bonds is 5. The summed E-state index contributed by atoms with van der Waals surface area (Å²) in [5.41, 5.74) is 1.33. The van der Waals surface area contributed by atoms with Crippen molar-refractivity contribution < 1.29 is 0 Å². The van der Waals surface area contributed by atoms with Gasteiger partial charge in [0.15, 0.2) is 5.96 Å². The minimum absolute atomic E-state index is 0. The van der Waals surface area contributed by atoms with Gasteiger partial charge in [-0.25, -0.2) is 4.98 Å². The van der Waals surface area contributed by atoms with Gasteiger partial charge in [-0.2, -0.15) is 0 Å². The lowest BCUT2D eigenvalue weighted by molar-refractivity contribution is 0.164. The summed E-state index contributed by atoms with van der Waals surface area (Å²) >= 11 is 1.77. The molecule has 0 saturated carbocycles. The fourth-order valence-corrected chi connectivity index (χ4v) is 4.07. The Morgan fingerprint density at radius 1 is 1.27 bits per heavy atom. The number of guanidine groups is 1. The Morgan fingerprint density at radius 3 is 2.42 bits per heavy atom. The van der Waals surface area contributed by atoms with Crippen molar-refractivity contribution in [1.82, 2.24) is 20.1 Å². The molecule has 2 rings (SSSR count). The van der Waals surface area contributed by atoms with Crippen molar-refractivity contribution in [3.8, 4) is 0 Å². The molecule has 0 spiro atoms. The van der Waals surface area contributed by atoms with E-state index >= 15 is 0 Å². The van der Waals surface area contributed by atoms with Crippen molar-refractivity contribution in [2.75, 3.05) is 46.3 Å². The van der Waals surface area contributed by atoms with Crippen LogP contribution in [0.25, 0.3) is 0 Å². The van der Waals surface area contributed by atoms with Gasteiger partial charge in [0.1, 0.15) is 0 Å². The highest BCUT2D eigenvalue weighted by Crippen LogP contribution is 2.23. The Hall–Kier alpha value is -0.410. The third kappa shape index (κ3) is 7.31. The molecule has 26 heavy (non-hydrogen) atoms. The molecule has 5 nitrogen and oxygen atoms in total.